The normalized spacial score (nSPS) is 28.3. The van der Waals surface area contributed by atoms with Crippen molar-refractivity contribution in [3.05, 3.63) is 35.4 Å². The molecule has 5 nitrogen and oxygen atoms in total. The molecule has 0 radical (unpaired) electrons. The second-order valence-corrected chi connectivity index (χ2v) is 7.13. The fourth-order valence-electron chi connectivity index (χ4n) is 4.10. The van der Waals surface area contributed by atoms with E-state index in [1.165, 1.54) is 0 Å². The molecule has 1 aromatic carbocycles. The lowest BCUT2D eigenvalue weighted by atomic mass is 9.88. The molecule has 0 saturated carbocycles. The summed E-state index contributed by atoms with van der Waals surface area (Å²) < 4.78 is 5.75. The largest absolute Gasteiger partial charge is 0.374 e. The summed E-state index contributed by atoms with van der Waals surface area (Å²) in [7, 11) is 0. The zero-order valence-electron chi connectivity index (χ0n) is 13.9. The van der Waals surface area contributed by atoms with Crippen molar-refractivity contribution < 1.29 is 14.3 Å². The number of benzene rings is 1. The van der Waals surface area contributed by atoms with Crippen LogP contribution in [0.5, 0.6) is 0 Å². The van der Waals surface area contributed by atoms with Crippen LogP contribution in [-0.4, -0.2) is 42.0 Å². The van der Waals surface area contributed by atoms with Crippen molar-refractivity contribution >= 4 is 11.8 Å². The second kappa shape index (κ2) is 6.55. The van der Waals surface area contributed by atoms with Gasteiger partial charge in [-0.05, 0) is 49.8 Å². The Kier molecular flexibility index (Phi) is 4.27. The third-order valence-corrected chi connectivity index (χ3v) is 5.50. The summed E-state index contributed by atoms with van der Waals surface area (Å²) in [5, 5.41) is 3.02. The molecule has 128 valence electrons. The van der Waals surface area contributed by atoms with Crippen molar-refractivity contribution in [1.29, 1.82) is 0 Å². The fourth-order valence-corrected chi connectivity index (χ4v) is 4.10. The van der Waals surface area contributed by atoms with E-state index in [4.69, 9.17) is 4.74 Å². The lowest BCUT2D eigenvalue weighted by Gasteiger charge is -2.18. The number of hydrogen-bond donors (Lipinski definition) is 1. The number of fused-ring (bicyclic) bond motifs is 2. The standard InChI is InChI=1S/C19H24N2O3/c22-18(16-11-15-7-8-17(16)24-15)20-12-13-3-5-14(6-4-13)19(23)21-9-1-2-10-21/h3-6,15-17H,1-2,7-12H2,(H,20,22)/t15-,16-,17-/m1/s1. The molecule has 0 unspecified atom stereocenters. The van der Waals surface area contributed by atoms with Crippen LogP contribution in [0, 0.1) is 5.92 Å². The first-order valence-corrected chi connectivity index (χ1v) is 9.02. The predicted octanol–water partition coefficient (Wildman–Crippen LogP) is 2.11. The number of amides is 2. The molecule has 2 amide bonds. The highest BCUT2D eigenvalue weighted by Crippen LogP contribution is 2.38. The Morgan fingerprint density at radius 3 is 2.50 bits per heavy atom. The van der Waals surface area contributed by atoms with E-state index in [2.05, 4.69) is 5.32 Å². The summed E-state index contributed by atoms with van der Waals surface area (Å²) in [6.07, 6.45) is 5.58. The van der Waals surface area contributed by atoms with Crippen LogP contribution in [0.25, 0.3) is 0 Å². The summed E-state index contributed by atoms with van der Waals surface area (Å²) in [5.74, 6) is 0.224. The van der Waals surface area contributed by atoms with Crippen LogP contribution in [0.15, 0.2) is 24.3 Å². The Bertz CT molecular complexity index is 622. The van der Waals surface area contributed by atoms with E-state index in [1.807, 2.05) is 29.2 Å². The third-order valence-electron chi connectivity index (χ3n) is 5.50. The van der Waals surface area contributed by atoms with Crippen LogP contribution in [-0.2, 0) is 16.1 Å². The van der Waals surface area contributed by atoms with Gasteiger partial charge in [-0.1, -0.05) is 12.1 Å². The van der Waals surface area contributed by atoms with Gasteiger partial charge in [-0.15, -0.1) is 0 Å². The molecule has 3 aliphatic rings. The molecule has 0 spiro atoms. The SMILES string of the molecule is O=C(NCc1ccc(C(=O)N2CCCC2)cc1)[C@@H]1C[C@H]2CC[C@H]1O2. The molecule has 1 N–H and O–H groups in total. The second-order valence-electron chi connectivity index (χ2n) is 7.13. The quantitative estimate of drug-likeness (QED) is 0.921. The molecule has 5 heteroatoms. The van der Waals surface area contributed by atoms with Gasteiger partial charge in [-0.3, -0.25) is 9.59 Å². The molecule has 0 aromatic heterocycles. The summed E-state index contributed by atoms with van der Waals surface area (Å²) in [6, 6.07) is 7.59. The molecular weight excluding hydrogens is 304 g/mol. The van der Waals surface area contributed by atoms with Gasteiger partial charge in [-0.25, -0.2) is 0 Å². The van der Waals surface area contributed by atoms with E-state index in [9.17, 15) is 9.59 Å². The van der Waals surface area contributed by atoms with Crippen LogP contribution >= 0.6 is 0 Å². The maximum absolute atomic E-state index is 12.3. The van der Waals surface area contributed by atoms with Crippen LogP contribution in [0.1, 0.15) is 48.0 Å². The molecule has 24 heavy (non-hydrogen) atoms. The molecule has 2 bridgehead atoms. The highest BCUT2D eigenvalue weighted by Gasteiger charge is 2.44. The third kappa shape index (κ3) is 3.05. The smallest absolute Gasteiger partial charge is 0.253 e. The lowest BCUT2D eigenvalue weighted by molar-refractivity contribution is -0.126. The Morgan fingerprint density at radius 1 is 1.12 bits per heavy atom. The van der Waals surface area contributed by atoms with Gasteiger partial charge in [0.2, 0.25) is 5.91 Å². The minimum Gasteiger partial charge on any atom is -0.374 e. The van der Waals surface area contributed by atoms with Crippen LogP contribution in [0.2, 0.25) is 0 Å². The number of nitrogens with zero attached hydrogens (tertiary/aromatic N) is 1. The van der Waals surface area contributed by atoms with Gasteiger partial charge in [-0.2, -0.15) is 0 Å². The van der Waals surface area contributed by atoms with E-state index in [1.54, 1.807) is 0 Å². The topological polar surface area (TPSA) is 58.6 Å². The van der Waals surface area contributed by atoms with Crippen molar-refractivity contribution in [2.75, 3.05) is 13.1 Å². The van der Waals surface area contributed by atoms with Crippen molar-refractivity contribution in [3.63, 3.8) is 0 Å². The minimum atomic E-state index is 0.0137. The molecule has 1 aromatic rings. The van der Waals surface area contributed by atoms with Gasteiger partial charge >= 0.3 is 0 Å². The minimum absolute atomic E-state index is 0.0137. The number of hydrogen-bond acceptors (Lipinski definition) is 3. The van der Waals surface area contributed by atoms with Crippen molar-refractivity contribution in [2.24, 2.45) is 5.92 Å². The van der Waals surface area contributed by atoms with Crippen molar-refractivity contribution in [1.82, 2.24) is 10.2 Å². The van der Waals surface area contributed by atoms with Crippen molar-refractivity contribution in [3.8, 4) is 0 Å². The highest BCUT2D eigenvalue weighted by molar-refractivity contribution is 5.94. The van der Waals surface area contributed by atoms with E-state index >= 15 is 0 Å². The predicted molar refractivity (Wildman–Crippen MR) is 89.4 cm³/mol. The maximum atomic E-state index is 12.3. The fraction of sp³-hybridized carbons (Fsp3) is 0.579. The van der Waals surface area contributed by atoms with E-state index in [0.29, 0.717) is 12.6 Å². The molecule has 3 fully saturated rings. The number of carbonyl (C=O) groups excluding carboxylic acids is 2. The first-order valence-electron chi connectivity index (χ1n) is 9.02. The summed E-state index contributed by atoms with van der Waals surface area (Å²) >= 11 is 0. The first kappa shape index (κ1) is 15.6. The number of rotatable bonds is 4. The van der Waals surface area contributed by atoms with Crippen LogP contribution in [0.3, 0.4) is 0 Å². The van der Waals surface area contributed by atoms with Gasteiger partial charge in [0, 0.05) is 25.2 Å². The Labute approximate surface area is 142 Å². The van der Waals surface area contributed by atoms with Crippen LogP contribution < -0.4 is 5.32 Å². The number of carbonyl (C=O) groups is 2. The van der Waals surface area contributed by atoms with Gasteiger partial charge in [0.15, 0.2) is 0 Å². The zero-order valence-corrected chi connectivity index (χ0v) is 13.9. The maximum Gasteiger partial charge on any atom is 0.253 e. The first-order chi connectivity index (χ1) is 11.7. The molecular formula is C19H24N2O3. The number of ether oxygens (including phenoxy) is 1. The molecule has 3 heterocycles. The van der Waals surface area contributed by atoms with Crippen molar-refractivity contribution in [2.45, 2.75) is 50.9 Å². The molecule has 3 atom stereocenters. The Hall–Kier alpha value is -1.88. The average molecular weight is 328 g/mol. The highest BCUT2D eigenvalue weighted by atomic mass is 16.5. The average Bonchev–Trinajstić information content (AvgIpc) is 3.37. The van der Waals surface area contributed by atoms with Gasteiger partial charge < -0.3 is 15.0 Å². The molecule has 4 rings (SSSR count). The molecule has 3 saturated heterocycles. The van der Waals surface area contributed by atoms with Gasteiger partial charge in [0.05, 0.1) is 18.1 Å². The monoisotopic (exact) mass is 328 g/mol. The lowest BCUT2D eigenvalue weighted by Crippen LogP contribution is -2.35. The Balaban J connectivity index is 1.30. The number of likely N-dealkylation sites (tertiary alicyclic amines) is 1. The van der Waals surface area contributed by atoms with Crippen LogP contribution in [0.4, 0.5) is 0 Å². The van der Waals surface area contributed by atoms with E-state index < -0.39 is 0 Å². The van der Waals surface area contributed by atoms with E-state index in [-0.39, 0.29) is 23.8 Å². The molecule has 3 aliphatic heterocycles. The summed E-state index contributed by atoms with van der Waals surface area (Å²) in [5.41, 5.74) is 1.75. The Morgan fingerprint density at radius 2 is 1.88 bits per heavy atom. The molecule has 0 aliphatic carbocycles. The zero-order chi connectivity index (χ0) is 16.5. The van der Waals surface area contributed by atoms with Gasteiger partial charge in [0.1, 0.15) is 0 Å². The number of nitrogens with one attached hydrogen (secondary N) is 1. The summed E-state index contributed by atoms with van der Waals surface area (Å²) in [4.78, 5) is 26.5. The summed E-state index contributed by atoms with van der Waals surface area (Å²) in [6.45, 7) is 2.23. The van der Waals surface area contributed by atoms with Gasteiger partial charge in [0.25, 0.3) is 5.91 Å². The van der Waals surface area contributed by atoms with E-state index in [0.717, 1.165) is 56.3 Å².